The third-order valence-corrected chi connectivity index (χ3v) is 4.60. The Morgan fingerprint density at radius 2 is 2.00 bits per heavy atom. The Kier molecular flexibility index (Phi) is 5.00. The van der Waals surface area contributed by atoms with Crippen LogP contribution in [0.5, 0.6) is 5.75 Å². The Morgan fingerprint density at radius 3 is 2.68 bits per heavy atom. The van der Waals surface area contributed by atoms with Crippen LogP contribution >= 0.6 is 11.6 Å². The van der Waals surface area contributed by atoms with Gasteiger partial charge in [-0.3, -0.25) is 0 Å². The molecule has 0 amide bonds. The molecule has 1 heterocycles. The molecule has 1 aromatic heterocycles. The monoisotopic (exact) mass is 357 g/mol. The average Bonchev–Trinajstić information content (AvgIpc) is 2.91. The number of rotatable bonds is 5. The van der Waals surface area contributed by atoms with E-state index in [0.717, 1.165) is 33.5 Å². The second kappa shape index (κ2) is 7.19. The Morgan fingerprint density at radius 1 is 1.20 bits per heavy atom. The highest BCUT2D eigenvalue weighted by Gasteiger charge is 2.14. The summed E-state index contributed by atoms with van der Waals surface area (Å²) in [6.45, 7) is 4.57. The van der Waals surface area contributed by atoms with E-state index in [1.807, 2.05) is 44.2 Å². The van der Waals surface area contributed by atoms with E-state index < -0.39 is 0 Å². The third-order valence-electron chi connectivity index (χ3n) is 4.24. The first-order chi connectivity index (χ1) is 12.0. The minimum absolute atomic E-state index is 0.342. The molecule has 0 aliphatic heterocycles. The van der Waals surface area contributed by atoms with E-state index in [1.165, 1.54) is 7.11 Å². The summed E-state index contributed by atoms with van der Waals surface area (Å²) in [6, 6.07) is 11.3. The molecular weight excluding hydrogens is 338 g/mol. The van der Waals surface area contributed by atoms with E-state index in [0.29, 0.717) is 23.6 Å². The lowest BCUT2D eigenvalue weighted by Gasteiger charge is -2.09. The van der Waals surface area contributed by atoms with Gasteiger partial charge in [0, 0.05) is 28.0 Å². The molecule has 3 rings (SSSR count). The van der Waals surface area contributed by atoms with E-state index in [1.54, 1.807) is 6.07 Å². The van der Waals surface area contributed by atoms with Gasteiger partial charge in [0.05, 0.1) is 19.3 Å². The summed E-state index contributed by atoms with van der Waals surface area (Å²) in [4.78, 5) is 15.2. The van der Waals surface area contributed by atoms with Crippen molar-refractivity contribution in [3.8, 4) is 5.75 Å². The summed E-state index contributed by atoms with van der Waals surface area (Å²) in [7, 11) is 1.38. The molecule has 0 fully saturated rings. The number of nitrogens with one attached hydrogen (secondary N) is 1. The van der Waals surface area contributed by atoms with Crippen LogP contribution in [0.25, 0.3) is 10.9 Å². The number of halogens is 1. The molecule has 2 aromatic carbocycles. The number of aryl methyl sites for hydroxylation is 1. The minimum Gasteiger partial charge on any atom is -0.494 e. The second-order valence-corrected chi connectivity index (χ2v) is 6.25. The molecule has 1 N–H and O–H groups in total. The van der Waals surface area contributed by atoms with E-state index >= 15 is 0 Å². The van der Waals surface area contributed by atoms with Crippen LogP contribution in [-0.2, 0) is 11.2 Å². The standard InChI is InChI=1S/C20H20ClNO3/c1-4-25-15-7-5-13(18(21)11-15)9-16-12(2)22-19-8-6-14(10-17(16)19)20(23)24-3/h5-8,10-11,22H,4,9H2,1-3H3. The number of aromatic amines is 1. The van der Waals surface area contributed by atoms with Crippen LogP contribution in [0.15, 0.2) is 36.4 Å². The van der Waals surface area contributed by atoms with Crippen molar-refractivity contribution in [2.45, 2.75) is 20.3 Å². The van der Waals surface area contributed by atoms with E-state index in [4.69, 9.17) is 21.1 Å². The zero-order valence-electron chi connectivity index (χ0n) is 14.5. The van der Waals surface area contributed by atoms with Gasteiger partial charge in [0.25, 0.3) is 0 Å². The molecule has 25 heavy (non-hydrogen) atoms. The van der Waals surface area contributed by atoms with Crippen LogP contribution in [0.2, 0.25) is 5.02 Å². The van der Waals surface area contributed by atoms with Crippen molar-refractivity contribution in [1.29, 1.82) is 0 Å². The van der Waals surface area contributed by atoms with Gasteiger partial charge in [-0.25, -0.2) is 4.79 Å². The first-order valence-corrected chi connectivity index (χ1v) is 8.52. The van der Waals surface area contributed by atoms with Gasteiger partial charge in [0.1, 0.15) is 5.75 Å². The molecule has 3 aromatic rings. The van der Waals surface area contributed by atoms with E-state index in [2.05, 4.69) is 4.98 Å². The fraction of sp³-hybridized carbons (Fsp3) is 0.250. The van der Waals surface area contributed by atoms with Crippen molar-refractivity contribution in [2.75, 3.05) is 13.7 Å². The molecule has 0 unspecified atom stereocenters. The highest BCUT2D eigenvalue weighted by molar-refractivity contribution is 6.31. The van der Waals surface area contributed by atoms with Gasteiger partial charge >= 0.3 is 5.97 Å². The van der Waals surface area contributed by atoms with Crippen LogP contribution in [0.1, 0.15) is 34.1 Å². The van der Waals surface area contributed by atoms with Gasteiger partial charge < -0.3 is 14.5 Å². The summed E-state index contributed by atoms with van der Waals surface area (Å²) in [5, 5.41) is 1.68. The van der Waals surface area contributed by atoms with Gasteiger partial charge in [0.15, 0.2) is 0 Å². The highest BCUT2D eigenvalue weighted by Crippen LogP contribution is 2.30. The van der Waals surface area contributed by atoms with Crippen LogP contribution in [-0.4, -0.2) is 24.7 Å². The molecule has 0 aliphatic rings. The molecule has 130 valence electrons. The van der Waals surface area contributed by atoms with Gasteiger partial charge in [-0.1, -0.05) is 17.7 Å². The maximum atomic E-state index is 11.8. The van der Waals surface area contributed by atoms with Crippen molar-refractivity contribution in [1.82, 2.24) is 4.98 Å². The fourth-order valence-corrected chi connectivity index (χ4v) is 3.21. The SMILES string of the molecule is CCOc1ccc(Cc2c(C)[nH]c3ccc(C(=O)OC)cc23)c(Cl)c1. The van der Waals surface area contributed by atoms with Crippen molar-refractivity contribution in [3.63, 3.8) is 0 Å². The number of esters is 1. The molecule has 0 saturated carbocycles. The zero-order chi connectivity index (χ0) is 18.0. The number of carbonyl (C=O) groups excluding carboxylic acids is 1. The maximum absolute atomic E-state index is 11.8. The number of fused-ring (bicyclic) bond motifs is 1. The Hall–Kier alpha value is -2.46. The van der Waals surface area contributed by atoms with Crippen molar-refractivity contribution in [3.05, 3.63) is 63.8 Å². The van der Waals surface area contributed by atoms with E-state index in [9.17, 15) is 4.79 Å². The normalized spacial score (nSPS) is 10.9. The van der Waals surface area contributed by atoms with Crippen LogP contribution in [0.3, 0.4) is 0 Å². The smallest absolute Gasteiger partial charge is 0.337 e. The molecule has 5 heteroatoms. The fourth-order valence-electron chi connectivity index (χ4n) is 2.97. The number of carbonyl (C=O) groups is 1. The van der Waals surface area contributed by atoms with Crippen LogP contribution in [0, 0.1) is 6.92 Å². The predicted octanol–water partition coefficient (Wildman–Crippen LogP) is 4.91. The zero-order valence-corrected chi connectivity index (χ0v) is 15.2. The largest absolute Gasteiger partial charge is 0.494 e. The van der Waals surface area contributed by atoms with Gasteiger partial charge in [-0.15, -0.1) is 0 Å². The number of benzene rings is 2. The number of H-pyrrole nitrogens is 1. The number of methoxy groups -OCH3 is 1. The molecule has 0 radical (unpaired) electrons. The lowest BCUT2D eigenvalue weighted by atomic mass is 10.0. The highest BCUT2D eigenvalue weighted by atomic mass is 35.5. The van der Waals surface area contributed by atoms with Gasteiger partial charge in [-0.2, -0.15) is 0 Å². The third kappa shape index (κ3) is 3.49. The average molecular weight is 358 g/mol. The summed E-state index contributed by atoms with van der Waals surface area (Å²) in [5.74, 6) is 0.422. The Labute approximate surface area is 151 Å². The number of hydrogen-bond donors (Lipinski definition) is 1. The quantitative estimate of drug-likeness (QED) is 0.660. The summed E-state index contributed by atoms with van der Waals surface area (Å²) in [6.07, 6.45) is 0.668. The topological polar surface area (TPSA) is 51.3 Å². The number of hydrogen-bond acceptors (Lipinski definition) is 3. The van der Waals surface area contributed by atoms with Crippen molar-refractivity contribution < 1.29 is 14.3 Å². The second-order valence-electron chi connectivity index (χ2n) is 5.84. The molecular formula is C20H20ClNO3. The summed E-state index contributed by atoms with van der Waals surface area (Å²) >= 11 is 6.43. The first kappa shape index (κ1) is 17.4. The summed E-state index contributed by atoms with van der Waals surface area (Å²) < 4.78 is 10.3. The van der Waals surface area contributed by atoms with Crippen molar-refractivity contribution >= 4 is 28.5 Å². The Balaban J connectivity index is 2.00. The minimum atomic E-state index is -0.342. The summed E-state index contributed by atoms with van der Waals surface area (Å²) in [5.41, 5.74) is 4.71. The van der Waals surface area contributed by atoms with Gasteiger partial charge in [0.2, 0.25) is 0 Å². The lowest BCUT2D eigenvalue weighted by molar-refractivity contribution is 0.0601. The number of ether oxygens (including phenoxy) is 2. The lowest BCUT2D eigenvalue weighted by Crippen LogP contribution is -2.00. The molecule has 0 saturated heterocycles. The van der Waals surface area contributed by atoms with E-state index in [-0.39, 0.29) is 5.97 Å². The molecule has 0 spiro atoms. The maximum Gasteiger partial charge on any atom is 0.337 e. The molecule has 0 bridgehead atoms. The molecule has 4 nitrogen and oxygen atoms in total. The number of aromatic nitrogens is 1. The predicted molar refractivity (Wildman–Crippen MR) is 99.8 cm³/mol. The molecule has 0 aliphatic carbocycles. The van der Waals surface area contributed by atoms with Gasteiger partial charge in [-0.05, 0) is 55.3 Å². The van der Waals surface area contributed by atoms with Crippen molar-refractivity contribution in [2.24, 2.45) is 0 Å². The Bertz CT molecular complexity index is 930. The van der Waals surface area contributed by atoms with Crippen LogP contribution < -0.4 is 4.74 Å². The molecule has 0 atom stereocenters. The van der Waals surface area contributed by atoms with Crippen LogP contribution in [0.4, 0.5) is 0 Å². The first-order valence-electron chi connectivity index (χ1n) is 8.14.